The van der Waals surface area contributed by atoms with Crippen molar-refractivity contribution >= 4 is 5.91 Å². The standard InChI is InChI=1S/C10H13N3O2/c11-6-10(4-5-10)13-9(15)7-2-1-3-8(14)12-7/h1-3H,4-6,11H2,(H,12,14)(H,13,15). The van der Waals surface area contributed by atoms with E-state index >= 15 is 0 Å². The third-order valence-electron chi connectivity index (χ3n) is 2.64. The third kappa shape index (κ3) is 2.07. The van der Waals surface area contributed by atoms with Gasteiger partial charge in [-0.05, 0) is 18.9 Å². The lowest BCUT2D eigenvalue weighted by Crippen LogP contribution is -2.43. The van der Waals surface area contributed by atoms with E-state index in [4.69, 9.17) is 5.73 Å². The molecule has 0 atom stereocenters. The number of aromatic amines is 1. The van der Waals surface area contributed by atoms with Crippen molar-refractivity contribution in [3.63, 3.8) is 0 Å². The average molecular weight is 207 g/mol. The number of hydrogen-bond acceptors (Lipinski definition) is 3. The number of amides is 1. The lowest BCUT2D eigenvalue weighted by molar-refractivity contribution is 0.0927. The topological polar surface area (TPSA) is 88.0 Å². The lowest BCUT2D eigenvalue weighted by atomic mass is 10.2. The lowest BCUT2D eigenvalue weighted by Gasteiger charge is -2.14. The summed E-state index contributed by atoms with van der Waals surface area (Å²) in [6.45, 7) is 0.440. The molecular weight excluding hydrogens is 194 g/mol. The Morgan fingerprint density at radius 2 is 2.27 bits per heavy atom. The number of pyridine rings is 1. The summed E-state index contributed by atoms with van der Waals surface area (Å²) in [6, 6.07) is 4.49. The van der Waals surface area contributed by atoms with Crippen molar-refractivity contribution in [2.45, 2.75) is 18.4 Å². The van der Waals surface area contributed by atoms with E-state index in [2.05, 4.69) is 10.3 Å². The third-order valence-corrected chi connectivity index (χ3v) is 2.64. The van der Waals surface area contributed by atoms with Gasteiger partial charge in [0.2, 0.25) is 5.56 Å². The summed E-state index contributed by atoms with van der Waals surface area (Å²) >= 11 is 0. The summed E-state index contributed by atoms with van der Waals surface area (Å²) in [6.07, 6.45) is 1.82. The molecule has 1 fully saturated rings. The van der Waals surface area contributed by atoms with Gasteiger partial charge in [0, 0.05) is 12.6 Å². The first kappa shape index (κ1) is 9.92. The number of H-pyrrole nitrogens is 1. The summed E-state index contributed by atoms with van der Waals surface area (Å²) in [5, 5.41) is 2.83. The molecule has 2 rings (SSSR count). The average Bonchev–Trinajstić information content (AvgIpc) is 2.98. The van der Waals surface area contributed by atoms with E-state index in [0.29, 0.717) is 6.54 Å². The van der Waals surface area contributed by atoms with Crippen LogP contribution in [-0.2, 0) is 0 Å². The fraction of sp³-hybridized carbons (Fsp3) is 0.400. The first-order valence-electron chi connectivity index (χ1n) is 4.87. The van der Waals surface area contributed by atoms with E-state index in [0.717, 1.165) is 12.8 Å². The van der Waals surface area contributed by atoms with Gasteiger partial charge < -0.3 is 16.0 Å². The molecule has 0 bridgehead atoms. The highest BCUT2D eigenvalue weighted by molar-refractivity contribution is 5.93. The number of carbonyl (C=O) groups excluding carboxylic acids is 1. The van der Waals surface area contributed by atoms with E-state index in [1.165, 1.54) is 6.07 Å². The summed E-state index contributed by atoms with van der Waals surface area (Å²) in [4.78, 5) is 25.1. The first-order valence-corrected chi connectivity index (χ1v) is 4.87. The summed E-state index contributed by atoms with van der Waals surface area (Å²) in [7, 11) is 0. The van der Waals surface area contributed by atoms with Crippen molar-refractivity contribution in [2.75, 3.05) is 6.54 Å². The highest BCUT2D eigenvalue weighted by Crippen LogP contribution is 2.33. The number of aromatic nitrogens is 1. The van der Waals surface area contributed by atoms with Crippen molar-refractivity contribution in [3.8, 4) is 0 Å². The summed E-state index contributed by atoms with van der Waals surface area (Å²) in [5.41, 5.74) is 5.31. The van der Waals surface area contributed by atoms with Gasteiger partial charge in [-0.1, -0.05) is 6.07 Å². The van der Waals surface area contributed by atoms with Gasteiger partial charge in [0.1, 0.15) is 5.69 Å². The second-order valence-electron chi connectivity index (χ2n) is 3.87. The van der Waals surface area contributed by atoms with Gasteiger partial charge in [-0.3, -0.25) is 9.59 Å². The molecule has 0 radical (unpaired) electrons. The van der Waals surface area contributed by atoms with Gasteiger partial charge in [-0.25, -0.2) is 0 Å². The normalized spacial score (nSPS) is 17.1. The van der Waals surface area contributed by atoms with Crippen LogP contribution in [0, 0.1) is 0 Å². The van der Waals surface area contributed by atoms with Crippen LogP contribution in [0.25, 0.3) is 0 Å². The Kier molecular flexibility index (Phi) is 2.32. The van der Waals surface area contributed by atoms with Crippen molar-refractivity contribution in [1.29, 1.82) is 0 Å². The molecule has 1 aliphatic rings. The molecule has 5 heteroatoms. The number of nitrogens with one attached hydrogen (secondary N) is 2. The predicted molar refractivity (Wildman–Crippen MR) is 55.5 cm³/mol. The number of rotatable bonds is 3. The summed E-state index contributed by atoms with van der Waals surface area (Å²) < 4.78 is 0. The molecule has 0 aliphatic heterocycles. The van der Waals surface area contributed by atoms with Crippen molar-refractivity contribution < 1.29 is 4.79 Å². The van der Waals surface area contributed by atoms with Crippen LogP contribution < -0.4 is 16.6 Å². The fourth-order valence-electron chi connectivity index (χ4n) is 1.42. The Hall–Kier alpha value is -1.62. The van der Waals surface area contributed by atoms with Crippen LogP contribution in [0.15, 0.2) is 23.0 Å². The van der Waals surface area contributed by atoms with E-state index in [1.807, 2.05) is 0 Å². The zero-order valence-electron chi connectivity index (χ0n) is 8.25. The molecule has 1 heterocycles. The Bertz CT molecular complexity index is 434. The molecule has 4 N–H and O–H groups in total. The van der Waals surface area contributed by atoms with Gasteiger partial charge in [-0.2, -0.15) is 0 Å². The highest BCUT2D eigenvalue weighted by atomic mass is 16.2. The first-order chi connectivity index (χ1) is 7.15. The smallest absolute Gasteiger partial charge is 0.268 e. The van der Waals surface area contributed by atoms with Gasteiger partial charge in [0.05, 0.1) is 5.54 Å². The monoisotopic (exact) mass is 207 g/mol. The Morgan fingerprint density at radius 1 is 1.53 bits per heavy atom. The molecule has 1 amide bonds. The minimum atomic E-state index is -0.278. The van der Waals surface area contributed by atoms with Crippen LogP contribution in [-0.4, -0.2) is 23.0 Å². The molecule has 15 heavy (non-hydrogen) atoms. The zero-order valence-corrected chi connectivity index (χ0v) is 8.25. The molecule has 1 aromatic heterocycles. The van der Waals surface area contributed by atoms with Crippen molar-refractivity contribution in [3.05, 3.63) is 34.2 Å². The number of nitrogens with two attached hydrogens (primary N) is 1. The number of carbonyl (C=O) groups is 1. The molecular formula is C10H13N3O2. The van der Waals surface area contributed by atoms with Crippen molar-refractivity contribution in [2.24, 2.45) is 5.73 Å². The quantitative estimate of drug-likeness (QED) is 0.630. The van der Waals surface area contributed by atoms with E-state index in [9.17, 15) is 9.59 Å². The largest absolute Gasteiger partial charge is 0.344 e. The molecule has 0 saturated heterocycles. The van der Waals surface area contributed by atoms with Crippen molar-refractivity contribution in [1.82, 2.24) is 10.3 Å². The molecule has 0 aromatic carbocycles. The van der Waals surface area contributed by atoms with E-state index in [-0.39, 0.29) is 22.7 Å². The highest BCUT2D eigenvalue weighted by Gasteiger charge is 2.42. The van der Waals surface area contributed by atoms with Gasteiger partial charge in [-0.15, -0.1) is 0 Å². The molecule has 1 aliphatic carbocycles. The van der Waals surface area contributed by atoms with Gasteiger partial charge >= 0.3 is 0 Å². The zero-order chi connectivity index (χ0) is 10.9. The molecule has 0 unspecified atom stereocenters. The second kappa shape index (κ2) is 3.51. The minimum absolute atomic E-state index is 0.232. The van der Waals surface area contributed by atoms with Gasteiger partial charge in [0.15, 0.2) is 0 Å². The molecule has 1 aromatic rings. The molecule has 5 nitrogen and oxygen atoms in total. The van der Waals surface area contributed by atoms with Crippen LogP contribution in [0.5, 0.6) is 0 Å². The minimum Gasteiger partial charge on any atom is -0.344 e. The molecule has 0 spiro atoms. The van der Waals surface area contributed by atoms with Gasteiger partial charge in [0.25, 0.3) is 5.91 Å². The van der Waals surface area contributed by atoms with Crippen LogP contribution in [0.4, 0.5) is 0 Å². The van der Waals surface area contributed by atoms with E-state index in [1.54, 1.807) is 12.1 Å². The second-order valence-corrected chi connectivity index (χ2v) is 3.87. The maximum atomic E-state index is 11.7. The fourth-order valence-corrected chi connectivity index (χ4v) is 1.42. The molecule has 80 valence electrons. The van der Waals surface area contributed by atoms with Crippen LogP contribution in [0.1, 0.15) is 23.3 Å². The van der Waals surface area contributed by atoms with E-state index < -0.39 is 0 Å². The maximum absolute atomic E-state index is 11.7. The molecule has 1 saturated carbocycles. The SMILES string of the molecule is NCC1(NC(=O)c2cccc(=O)[nH]2)CC1. The Balaban J connectivity index is 2.12. The van der Waals surface area contributed by atoms with Crippen LogP contribution >= 0.6 is 0 Å². The summed E-state index contributed by atoms with van der Waals surface area (Å²) in [5.74, 6) is -0.268. The number of hydrogen-bond donors (Lipinski definition) is 3. The Labute approximate surface area is 86.7 Å². The Morgan fingerprint density at radius 3 is 2.80 bits per heavy atom. The van der Waals surface area contributed by atoms with Crippen LogP contribution in [0.3, 0.4) is 0 Å². The predicted octanol–water partition coefficient (Wildman–Crippen LogP) is -0.404. The van der Waals surface area contributed by atoms with Crippen LogP contribution in [0.2, 0.25) is 0 Å². The maximum Gasteiger partial charge on any atom is 0.268 e.